The van der Waals surface area contributed by atoms with Gasteiger partial charge in [-0.3, -0.25) is 9.59 Å². The summed E-state index contributed by atoms with van der Waals surface area (Å²) in [6.07, 6.45) is 0. The van der Waals surface area contributed by atoms with Crippen LogP contribution in [0.4, 0.5) is 11.4 Å². The Morgan fingerprint density at radius 3 is 1.47 bits per heavy atom. The lowest BCUT2D eigenvalue weighted by Gasteiger charge is -2.16. The van der Waals surface area contributed by atoms with Crippen molar-refractivity contribution < 1.29 is 19.1 Å². The molecule has 0 unspecified atom stereocenters. The number of nitrogens with zero attached hydrogens (tertiary/aromatic N) is 2. The van der Waals surface area contributed by atoms with E-state index in [1.54, 1.807) is 18.2 Å². The number of carbonyl (C=O) groups excluding carboxylic acids is 2. The van der Waals surface area contributed by atoms with Gasteiger partial charge in [0.05, 0.1) is 58.1 Å². The fourth-order valence-electron chi connectivity index (χ4n) is 6.05. The molecule has 5 aromatic carbocycles. The van der Waals surface area contributed by atoms with Crippen molar-refractivity contribution in [3.05, 3.63) is 144 Å². The molecule has 0 saturated carbocycles. The summed E-state index contributed by atoms with van der Waals surface area (Å²) in [5, 5.41) is 7.59. The van der Waals surface area contributed by atoms with E-state index in [2.05, 4.69) is 10.6 Å². The number of anilines is 2. The SMILES string of the molecule is CCOc1ccc(-c2cc(C(=O)Nc3ccc(C)cc3NC(=O)c3cc(-c4ccc(OCC)cc4)nc4ccccc34)c3ccccc3n2)cc1. The van der Waals surface area contributed by atoms with Crippen LogP contribution in [0.3, 0.4) is 0 Å². The van der Waals surface area contributed by atoms with Gasteiger partial charge in [0.1, 0.15) is 11.5 Å². The molecule has 0 aliphatic heterocycles. The summed E-state index contributed by atoms with van der Waals surface area (Å²) in [6.45, 7) is 6.96. The zero-order chi connectivity index (χ0) is 35.3. The number of fused-ring (bicyclic) bond motifs is 2. The molecule has 0 aliphatic carbocycles. The van der Waals surface area contributed by atoms with Gasteiger partial charge >= 0.3 is 0 Å². The first-order valence-electron chi connectivity index (χ1n) is 16.9. The largest absolute Gasteiger partial charge is 0.494 e. The van der Waals surface area contributed by atoms with Gasteiger partial charge in [-0.2, -0.15) is 0 Å². The van der Waals surface area contributed by atoms with E-state index < -0.39 is 0 Å². The topological polar surface area (TPSA) is 102 Å². The van der Waals surface area contributed by atoms with Gasteiger partial charge in [-0.1, -0.05) is 42.5 Å². The number of aromatic nitrogens is 2. The van der Waals surface area contributed by atoms with Gasteiger partial charge in [0.15, 0.2) is 0 Å². The predicted octanol–water partition coefficient (Wildman–Crippen LogP) is 9.73. The van der Waals surface area contributed by atoms with Crippen molar-refractivity contribution in [2.75, 3.05) is 23.8 Å². The minimum atomic E-state index is -0.327. The normalized spacial score (nSPS) is 11.0. The molecular weight excluding hydrogens is 636 g/mol. The van der Waals surface area contributed by atoms with Gasteiger partial charge in [-0.05, 0) is 111 Å². The summed E-state index contributed by atoms with van der Waals surface area (Å²) < 4.78 is 11.2. The first-order valence-corrected chi connectivity index (χ1v) is 16.9. The summed E-state index contributed by atoms with van der Waals surface area (Å²) in [4.78, 5) is 37.9. The molecule has 2 amide bonds. The van der Waals surface area contributed by atoms with Crippen molar-refractivity contribution in [3.63, 3.8) is 0 Å². The monoisotopic (exact) mass is 672 g/mol. The molecular formula is C43H36N4O4. The Balaban J connectivity index is 1.21. The Morgan fingerprint density at radius 2 is 1.00 bits per heavy atom. The maximum atomic E-state index is 14.1. The Kier molecular flexibility index (Phi) is 9.39. The molecule has 0 aliphatic rings. The maximum Gasteiger partial charge on any atom is 0.256 e. The summed E-state index contributed by atoms with van der Waals surface area (Å²) in [5.74, 6) is 0.878. The standard InChI is InChI=1S/C43H36N4O4/c1-4-50-30-19-15-28(16-20-30)39-25-34(32-10-6-8-12-36(32)44-39)42(48)46-38-23-14-27(3)24-41(38)47-43(49)35-26-40(45-37-13-9-7-11-33(35)37)29-17-21-31(22-18-29)51-5-2/h6-26H,4-5H2,1-3H3,(H,46,48)(H,47,49). The second kappa shape index (κ2) is 14.5. The average molecular weight is 673 g/mol. The third-order valence-corrected chi connectivity index (χ3v) is 8.52. The minimum absolute atomic E-state index is 0.325. The molecule has 2 N–H and O–H groups in total. The number of rotatable bonds is 10. The summed E-state index contributed by atoms with van der Waals surface area (Å²) in [5.41, 5.74) is 7.20. The highest BCUT2D eigenvalue weighted by molar-refractivity contribution is 6.17. The van der Waals surface area contributed by atoms with Crippen molar-refractivity contribution >= 4 is 45.0 Å². The number of benzene rings is 5. The quantitative estimate of drug-likeness (QED) is 0.150. The Bertz CT molecular complexity index is 2390. The average Bonchev–Trinajstić information content (AvgIpc) is 3.16. The number of ether oxygens (including phenoxy) is 2. The van der Waals surface area contributed by atoms with Crippen LogP contribution in [0.25, 0.3) is 44.3 Å². The molecule has 2 heterocycles. The van der Waals surface area contributed by atoms with Gasteiger partial charge in [0, 0.05) is 21.9 Å². The fraction of sp³-hybridized carbons (Fsp3) is 0.116. The van der Waals surface area contributed by atoms with Crippen LogP contribution in [-0.2, 0) is 0 Å². The second-order valence-corrected chi connectivity index (χ2v) is 12.0. The molecule has 0 spiro atoms. The zero-order valence-electron chi connectivity index (χ0n) is 28.6. The van der Waals surface area contributed by atoms with Gasteiger partial charge in [-0.25, -0.2) is 9.97 Å². The number of pyridine rings is 2. The molecule has 8 heteroatoms. The molecule has 7 rings (SSSR count). The second-order valence-electron chi connectivity index (χ2n) is 12.0. The van der Waals surface area contributed by atoms with Crippen LogP contribution in [0.1, 0.15) is 40.1 Å². The highest BCUT2D eigenvalue weighted by Crippen LogP contribution is 2.31. The van der Waals surface area contributed by atoms with E-state index in [-0.39, 0.29) is 11.8 Å². The Labute approximate surface area is 296 Å². The van der Waals surface area contributed by atoms with Crippen molar-refractivity contribution in [1.29, 1.82) is 0 Å². The molecule has 0 bridgehead atoms. The number of aryl methyl sites for hydroxylation is 1. The van der Waals surface area contributed by atoms with Crippen LogP contribution in [0.2, 0.25) is 0 Å². The van der Waals surface area contributed by atoms with E-state index in [9.17, 15) is 9.59 Å². The van der Waals surface area contributed by atoms with E-state index in [4.69, 9.17) is 19.4 Å². The smallest absolute Gasteiger partial charge is 0.256 e. The van der Waals surface area contributed by atoms with Crippen LogP contribution < -0.4 is 20.1 Å². The van der Waals surface area contributed by atoms with E-state index >= 15 is 0 Å². The molecule has 51 heavy (non-hydrogen) atoms. The third-order valence-electron chi connectivity index (χ3n) is 8.52. The van der Waals surface area contributed by atoms with Gasteiger partial charge in [0.2, 0.25) is 0 Å². The molecule has 0 atom stereocenters. The Hall–Kier alpha value is -6.54. The molecule has 0 fully saturated rings. The molecule has 8 nitrogen and oxygen atoms in total. The van der Waals surface area contributed by atoms with Crippen LogP contribution >= 0.6 is 0 Å². The van der Waals surface area contributed by atoms with Gasteiger partial charge < -0.3 is 20.1 Å². The fourth-order valence-corrected chi connectivity index (χ4v) is 6.05. The highest BCUT2D eigenvalue weighted by Gasteiger charge is 2.19. The molecule has 252 valence electrons. The van der Waals surface area contributed by atoms with Crippen molar-refractivity contribution in [3.8, 4) is 34.0 Å². The van der Waals surface area contributed by atoms with Gasteiger partial charge in [0.25, 0.3) is 11.8 Å². The lowest BCUT2D eigenvalue weighted by Crippen LogP contribution is -2.18. The number of carbonyl (C=O) groups is 2. The van der Waals surface area contributed by atoms with Crippen LogP contribution in [0.5, 0.6) is 11.5 Å². The highest BCUT2D eigenvalue weighted by atomic mass is 16.5. The van der Waals surface area contributed by atoms with Crippen molar-refractivity contribution in [2.45, 2.75) is 20.8 Å². The summed E-state index contributed by atoms with van der Waals surface area (Å²) in [6, 6.07) is 39.6. The van der Waals surface area contributed by atoms with Crippen LogP contribution in [-0.4, -0.2) is 35.0 Å². The number of amides is 2. The maximum absolute atomic E-state index is 14.1. The predicted molar refractivity (Wildman–Crippen MR) is 204 cm³/mol. The minimum Gasteiger partial charge on any atom is -0.494 e. The van der Waals surface area contributed by atoms with Crippen LogP contribution in [0, 0.1) is 6.92 Å². The van der Waals surface area contributed by atoms with Crippen LogP contribution in [0.15, 0.2) is 127 Å². The Morgan fingerprint density at radius 1 is 0.549 bits per heavy atom. The first kappa shape index (κ1) is 33.0. The summed E-state index contributed by atoms with van der Waals surface area (Å²) >= 11 is 0. The summed E-state index contributed by atoms with van der Waals surface area (Å²) in [7, 11) is 0. The van der Waals surface area contributed by atoms with Crippen molar-refractivity contribution in [2.24, 2.45) is 0 Å². The number of nitrogens with one attached hydrogen (secondary N) is 2. The van der Waals surface area contributed by atoms with E-state index in [0.717, 1.165) is 28.2 Å². The first-order chi connectivity index (χ1) is 24.9. The number of hydrogen-bond donors (Lipinski definition) is 2. The number of para-hydroxylation sites is 2. The molecule has 2 aromatic heterocycles. The lowest BCUT2D eigenvalue weighted by atomic mass is 10.0. The zero-order valence-corrected chi connectivity index (χ0v) is 28.6. The third kappa shape index (κ3) is 7.12. The van der Waals surface area contributed by atoms with E-state index in [0.29, 0.717) is 68.9 Å². The molecule has 0 saturated heterocycles. The molecule has 0 radical (unpaired) electrons. The van der Waals surface area contributed by atoms with Crippen molar-refractivity contribution in [1.82, 2.24) is 9.97 Å². The van der Waals surface area contributed by atoms with Gasteiger partial charge in [-0.15, -0.1) is 0 Å². The van der Waals surface area contributed by atoms with E-state index in [1.165, 1.54) is 0 Å². The number of hydrogen-bond acceptors (Lipinski definition) is 6. The lowest BCUT2D eigenvalue weighted by molar-refractivity contribution is 0.101. The van der Waals surface area contributed by atoms with E-state index in [1.807, 2.05) is 130 Å². The molecule has 7 aromatic rings.